The molecule has 9 heteroatoms. The Kier molecular flexibility index (Phi) is 5.02. The lowest BCUT2D eigenvalue weighted by Gasteiger charge is -2.22. The number of carboxylic acid groups (broad SMARTS) is 1. The third-order valence-electron chi connectivity index (χ3n) is 4.37. The molecule has 1 saturated heterocycles. The van der Waals surface area contributed by atoms with Gasteiger partial charge >= 0.3 is 5.97 Å². The van der Waals surface area contributed by atoms with Gasteiger partial charge < -0.3 is 20.4 Å². The maximum absolute atomic E-state index is 12.4. The average Bonchev–Trinajstić information content (AvgIpc) is 3.12. The first kappa shape index (κ1) is 18.3. The first-order chi connectivity index (χ1) is 12.9. The second-order valence-corrected chi connectivity index (χ2v) is 6.17. The molecule has 3 N–H and O–H groups in total. The van der Waals surface area contributed by atoms with Crippen molar-refractivity contribution in [2.75, 3.05) is 11.9 Å². The molecule has 0 aliphatic carbocycles. The summed E-state index contributed by atoms with van der Waals surface area (Å²) in [5, 5.41) is 21.3. The van der Waals surface area contributed by atoms with Crippen molar-refractivity contribution < 1.29 is 24.6 Å². The number of carbonyl (C=O) groups excluding carboxylic acids is 2. The molecule has 140 valence electrons. The zero-order valence-electron chi connectivity index (χ0n) is 14.5. The van der Waals surface area contributed by atoms with Crippen LogP contribution >= 0.6 is 0 Å². The van der Waals surface area contributed by atoms with E-state index in [1.807, 2.05) is 0 Å². The Morgan fingerprint density at radius 1 is 1.22 bits per heavy atom. The molecule has 1 unspecified atom stereocenters. The van der Waals surface area contributed by atoms with Gasteiger partial charge in [0.15, 0.2) is 5.82 Å². The highest BCUT2D eigenvalue weighted by Gasteiger charge is 2.32. The van der Waals surface area contributed by atoms with Gasteiger partial charge in [-0.05, 0) is 37.1 Å². The maximum Gasteiger partial charge on any atom is 0.342 e. The van der Waals surface area contributed by atoms with Crippen LogP contribution in [0.25, 0.3) is 11.4 Å². The van der Waals surface area contributed by atoms with Crippen molar-refractivity contribution in [3.8, 4) is 17.3 Å². The molecule has 3 rings (SSSR count). The summed E-state index contributed by atoms with van der Waals surface area (Å²) >= 11 is 0. The standard InChI is InChI=1S/C18H18N4O5/c1-10(23)22-8-2-3-14(22)17(25)20-12-6-4-11(5-7-12)15-19-9-13(18(26)27)16(24)21-15/h4-7,9,14H,2-3,8H2,1H3,(H,20,25)(H,26,27)(H,19,21,24). The summed E-state index contributed by atoms with van der Waals surface area (Å²) in [7, 11) is 0. The summed E-state index contributed by atoms with van der Waals surface area (Å²) in [4.78, 5) is 44.2. The SMILES string of the molecule is CC(=O)N1CCCC1C(=O)Nc1ccc(-c2ncc(C(=O)O)c(O)n2)cc1. The molecule has 0 saturated carbocycles. The molecule has 1 aliphatic rings. The molecule has 1 aliphatic heterocycles. The second-order valence-electron chi connectivity index (χ2n) is 6.17. The zero-order valence-corrected chi connectivity index (χ0v) is 14.5. The summed E-state index contributed by atoms with van der Waals surface area (Å²) < 4.78 is 0. The minimum absolute atomic E-state index is 0.121. The highest BCUT2D eigenvalue weighted by Crippen LogP contribution is 2.23. The highest BCUT2D eigenvalue weighted by atomic mass is 16.4. The van der Waals surface area contributed by atoms with Crippen molar-refractivity contribution in [2.24, 2.45) is 0 Å². The normalized spacial score (nSPS) is 16.2. The molecule has 2 aromatic rings. The number of carbonyl (C=O) groups is 3. The number of aromatic nitrogens is 2. The van der Waals surface area contributed by atoms with Crippen LogP contribution in [0.3, 0.4) is 0 Å². The predicted octanol–water partition coefficient (Wildman–Crippen LogP) is 1.50. The van der Waals surface area contributed by atoms with Crippen LogP contribution in [0.2, 0.25) is 0 Å². The van der Waals surface area contributed by atoms with E-state index in [-0.39, 0.29) is 23.2 Å². The van der Waals surface area contributed by atoms with Crippen LogP contribution in [0.4, 0.5) is 5.69 Å². The minimum Gasteiger partial charge on any atom is -0.493 e. The molecular formula is C18H18N4O5. The van der Waals surface area contributed by atoms with E-state index in [1.165, 1.54) is 6.92 Å². The van der Waals surface area contributed by atoms with E-state index in [2.05, 4.69) is 15.3 Å². The van der Waals surface area contributed by atoms with E-state index >= 15 is 0 Å². The lowest BCUT2D eigenvalue weighted by atomic mass is 10.1. The van der Waals surface area contributed by atoms with E-state index in [1.54, 1.807) is 29.2 Å². The van der Waals surface area contributed by atoms with Gasteiger partial charge in [-0.15, -0.1) is 0 Å². The van der Waals surface area contributed by atoms with Crippen LogP contribution in [0, 0.1) is 0 Å². The van der Waals surface area contributed by atoms with Crippen LogP contribution in [-0.2, 0) is 9.59 Å². The van der Waals surface area contributed by atoms with Crippen LogP contribution in [0.5, 0.6) is 5.88 Å². The smallest absolute Gasteiger partial charge is 0.342 e. The molecule has 1 atom stereocenters. The molecule has 0 spiro atoms. The van der Waals surface area contributed by atoms with Crippen LogP contribution in [-0.4, -0.2) is 55.5 Å². The minimum atomic E-state index is -1.32. The highest BCUT2D eigenvalue weighted by molar-refractivity contribution is 5.97. The number of hydrogen-bond acceptors (Lipinski definition) is 6. The third kappa shape index (κ3) is 3.86. The number of carboxylic acids is 1. The number of hydrogen-bond donors (Lipinski definition) is 3. The number of rotatable bonds is 4. The molecule has 0 bridgehead atoms. The number of anilines is 1. The van der Waals surface area contributed by atoms with Gasteiger partial charge in [-0.1, -0.05) is 0 Å². The average molecular weight is 370 g/mol. The zero-order chi connectivity index (χ0) is 19.6. The summed E-state index contributed by atoms with van der Waals surface area (Å²) in [6, 6.07) is 6.10. The van der Waals surface area contributed by atoms with E-state index < -0.39 is 17.9 Å². The Morgan fingerprint density at radius 3 is 2.52 bits per heavy atom. The Balaban J connectivity index is 1.72. The molecule has 0 radical (unpaired) electrons. The monoisotopic (exact) mass is 370 g/mol. The van der Waals surface area contributed by atoms with Crippen LogP contribution < -0.4 is 5.32 Å². The largest absolute Gasteiger partial charge is 0.493 e. The van der Waals surface area contributed by atoms with Crippen LogP contribution in [0.15, 0.2) is 30.5 Å². The molecule has 27 heavy (non-hydrogen) atoms. The van der Waals surface area contributed by atoms with Gasteiger partial charge in [0.2, 0.25) is 17.7 Å². The fraction of sp³-hybridized carbons (Fsp3) is 0.278. The molecule has 2 amide bonds. The molecule has 1 fully saturated rings. The number of aromatic hydroxyl groups is 1. The summed E-state index contributed by atoms with van der Waals surface area (Å²) in [6.07, 6.45) is 2.46. The van der Waals surface area contributed by atoms with Gasteiger partial charge in [0.05, 0.1) is 0 Å². The first-order valence-electron chi connectivity index (χ1n) is 8.34. The Morgan fingerprint density at radius 2 is 1.93 bits per heavy atom. The van der Waals surface area contributed by atoms with E-state index in [0.29, 0.717) is 24.2 Å². The Labute approximate surface area is 154 Å². The second kappa shape index (κ2) is 7.40. The summed E-state index contributed by atoms with van der Waals surface area (Å²) in [5.74, 6) is -2.13. The van der Waals surface area contributed by atoms with Gasteiger partial charge in [-0.2, -0.15) is 4.98 Å². The number of amides is 2. The fourth-order valence-electron chi connectivity index (χ4n) is 3.01. The quantitative estimate of drug-likeness (QED) is 0.743. The third-order valence-corrected chi connectivity index (χ3v) is 4.37. The van der Waals surface area contributed by atoms with Crippen molar-refractivity contribution in [3.05, 3.63) is 36.0 Å². The predicted molar refractivity (Wildman–Crippen MR) is 95.1 cm³/mol. The lowest BCUT2D eigenvalue weighted by molar-refractivity contribution is -0.134. The maximum atomic E-state index is 12.4. The number of nitrogens with one attached hydrogen (secondary N) is 1. The van der Waals surface area contributed by atoms with Crippen molar-refractivity contribution in [1.82, 2.24) is 14.9 Å². The van der Waals surface area contributed by atoms with Gasteiger partial charge in [-0.25, -0.2) is 9.78 Å². The first-order valence-corrected chi connectivity index (χ1v) is 8.34. The molecule has 1 aromatic heterocycles. The molecule has 2 heterocycles. The van der Waals surface area contributed by atoms with E-state index in [0.717, 1.165) is 12.6 Å². The fourth-order valence-corrected chi connectivity index (χ4v) is 3.01. The summed E-state index contributed by atoms with van der Waals surface area (Å²) in [5.41, 5.74) is 0.714. The van der Waals surface area contributed by atoms with Gasteiger partial charge in [0, 0.05) is 30.9 Å². The van der Waals surface area contributed by atoms with E-state index in [4.69, 9.17) is 5.11 Å². The van der Waals surface area contributed by atoms with Crippen molar-refractivity contribution in [1.29, 1.82) is 0 Å². The topological polar surface area (TPSA) is 133 Å². The number of benzene rings is 1. The Hall–Kier alpha value is -3.49. The number of aromatic carboxylic acids is 1. The van der Waals surface area contributed by atoms with Gasteiger partial charge in [0.25, 0.3) is 0 Å². The number of nitrogens with zero attached hydrogens (tertiary/aromatic N) is 3. The molecule has 1 aromatic carbocycles. The van der Waals surface area contributed by atoms with Crippen molar-refractivity contribution in [2.45, 2.75) is 25.8 Å². The van der Waals surface area contributed by atoms with Gasteiger partial charge in [0.1, 0.15) is 11.6 Å². The van der Waals surface area contributed by atoms with E-state index in [9.17, 15) is 19.5 Å². The summed E-state index contributed by atoms with van der Waals surface area (Å²) in [6.45, 7) is 2.03. The van der Waals surface area contributed by atoms with Crippen molar-refractivity contribution in [3.63, 3.8) is 0 Å². The Bertz CT molecular complexity index is 897. The van der Waals surface area contributed by atoms with Gasteiger partial charge in [-0.3, -0.25) is 9.59 Å². The lowest BCUT2D eigenvalue weighted by Crippen LogP contribution is -2.42. The molecule has 9 nitrogen and oxygen atoms in total. The molecular weight excluding hydrogens is 352 g/mol. The van der Waals surface area contributed by atoms with Crippen LogP contribution in [0.1, 0.15) is 30.1 Å². The number of likely N-dealkylation sites (tertiary alicyclic amines) is 1. The van der Waals surface area contributed by atoms with Crippen molar-refractivity contribution >= 4 is 23.5 Å².